The number of rotatable bonds is 1. The van der Waals surface area contributed by atoms with Crippen molar-refractivity contribution in [3.05, 3.63) is 30.1 Å². The first-order chi connectivity index (χ1) is 6.23. The number of likely N-dealkylation sites (tertiary alicyclic amines) is 1. The van der Waals surface area contributed by atoms with E-state index in [-0.39, 0.29) is 0 Å². The molecule has 0 aliphatic carbocycles. The third kappa shape index (κ3) is 1.34. The van der Waals surface area contributed by atoms with Crippen molar-refractivity contribution in [2.75, 3.05) is 13.6 Å². The van der Waals surface area contributed by atoms with Crippen molar-refractivity contribution in [1.29, 1.82) is 0 Å². The first-order valence-electron chi connectivity index (χ1n) is 4.69. The van der Waals surface area contributed by atoms with Crippen LogP contribution < -0.4 is 4.90 Å². The van der Waals surface area contributed by atoms with E-state index in [1.54, 1.807) is 12.4 Å². The average Bonchev–Trinajstić information content (AvgIpc) is 2.50. The van der Waals surface area contributed by atoms with Gasteiger partial charge in [0.15, 0.2) is 0 Å². The Bertz CT molecular complexity index is 288. The Labute approximate surface area is 78.0 Å². The number of hydrogen-bond acceptors (Lipinski definition) is 2. The molecule has 0 aromatic carbocycles. The molecule has 2 heterocycles. The van der Waals surface area contributed by atoms with Gasteiger partial charge in [-0.05, 0) is 12.1 Å². The van der Waals surface area contributed by atoms with Crippen LogP contribution in [0.15, 0.2) is 24.5 Å². The molecule has 1 unspecified atom stereocenters. The Hall–Kier alpha value is -0.930. The number of quaternary nitrogens is 1. The number of pyridine rings is 1. The molecule has 1 saturated heterocycles. The Morgan fingerprint density at radius 2 is 2.46 bits per heavy atom. The Balaban J connectivity index is 2.34. The van der Waals surface area contributed by atoms with Crippen LogP contribution >= 0.6 is 0 Å². The quantitative estimate of drug-likeness (QED) is 0.612. The highest BCUT2D eigenvalue weighted by atomic mass is 16.3. The van der Waals surface area contributed by atoms with Gasteiger partial charge in [0, 0.05) is 25.2 Å². The summed E-state index contributed by atoms with van der Waals surface area (Å²) >= 11 is 0. The molecule has 70 valence electrons. The molecular weight excluding hydrogens is 164 g/mol. The molecule has 1 fully saturated rings. The minimum atomic E-state index is -0.700. The number of nitrogens with zero attached hydrogens (tertiary/aromatic N) is 1. The predicted octanol–water partition coefficient (Wildman–Crippen LogP) is -0.465. The van der Waals surface area contributed by atoms with E-state index in [0.717, 1.165) is 24.9 Å². The van der Waals surface area contributed by atoms with Crippen LogP contribution in [-0.2, 0) is 5.72 Å². The van der Waals surface area contributed by atoms with Crippen LogP contribution in [0, 0.1) is 0 Å². The SMILES string of the molecule is C[NH+]1CCC[C@@]1(O)c1cccnc1. The summed E-state index contributed by atoms with van der Waals surface area (Å²) in [5, 5.41) is 10.4. The lowest BCUT2D eigenvalue weighted by atomic mass is 10.0. The fourth-order valence-electron chi connectivity index (χ4n) is 2.03. The maximum absolute atomic E-state index is 10.4. The van der Waals surface area contributed by atoms with Gasteiger partial charge in [0.1, 0.15) is 0 Å². The van der Waals surface area contributed by atoms with E-state index in [1.807, 2.05) is 19.2 Å². The molecule has 2 atom stereocenters. The van der Waals surface area contributed by atoms with Crippen molar-refractivity contribution in [2.45, 2.75) is 18.6 Å². The van der Waals surface area contributed by atoms with E-state index in [1.165, 1.54) is 4.90 Å². The van der Waals surface area contributed by atoms with Crippen LogP contribution in [0.1, 0.15) is 18.4 Å². The highest BCUT2D eigenvalue weighted by Crippen LogP contribution is 2.22. The summed E-state index contributed by atoms with van der Waals surface area (Å²) in [6.45, 7) is 1.03. The summed E-state index contributed by atoms with van der Waals surface area (Å²) in [7, 11) is 2.03. The Morgan fingerprint density at radius 1 is 1.62 bits per heavy atom. The van der Waals surface area contributed by atoms with E-state index < -0.39 is 5.72 Å². The monoisotopic (exact) mass is 179 g/mol. The van der Waals surface area contributed by atoms with E-state index in [2.05, 4.69) is 4.98 Å². The van der Waals surface area contributed by atoms with Crippen LogP contribution in [0.4, 0.5) is 0 Å². The van der Waals surface area contributed by atoms with Crippen molar-refractivity contribution in [3.63, 3.8) is 0 Å². The summed E-state index contributed by atoms with van der Waals surface area (Å²) in [5.41, 5.74) is 0.235. The summed E-state index contributed by atoms with van der Waals surface area (Å²) in [6.07, 6.45) is 5.41. The van der Waals surface area contributed by atoms with Gasteiger partial charge in [-0.15, -0.1) is 0 Å². The average molecular weight is 179 g/mol. The van der Waals surface area contributed by atoms with Crippen LogP contribution in [-0.4, -0.2) is 23.7 Å². The van der Waals surface area contributed by atoms with Crippen molar-refractivity contribution in [2.24, 2.45) is 0 Å². The Morgan fingerprint density at radius 3 is 3.00 bits per heavy atom. The standard InChI is InChI=1S/C10H14N2O/c1-12-7-3-5-10(12,13)9-4-2-6-11-8-9/h2,4,6,8,13H,3,5,7H2,1H3/p+1/t10-/m1/s1. The van der Waals surface area contributed by atoms with Gasteiger partial charge in [0.2, 0.25) is 5.72 Å². The highest BCUT2D eigenvalue weighted by Gasteiger charge is 2.42. The van der Waals surface area contributed by atoms with E-state index in [0.29, 0.717) is 0 Å². The van der Waals surface area contributed by atoms with Gasteiger partial charge >= 0.3 is 0 Å². The second-order valence-corrected chi connectivity index (χ2v) is 3.74. The molecule has 0 spiro atoms. The summed E-state index contributed by atoms with van der Waals surface area (Å²) in [6, 6.07) is 3.82. The molecule has 0 radical (unpaired) electrons. The van der Waals surface area contributed by atoms with Gasteiger partial charge in [0.05, 0.1) is 19.2 Å². The van der Waals surface area contributed by atoms with E-state index in [9.17, 15) is 5.11 Å². The topological polar surface area (TPSA) is 37.6 Å². The summed E-state index contributed by atoms with van der Waals surface area (Å²) in [4.78, 5) is 5.20. The molecule has 3 heteroatoms. The summed E-state index contributed by atoms with van der Waals surface area (Å²) < 4.78 is 0. The largest absolute Gasteiger partial charge is 0.339 e. The predicted molar refractivity (Wildman–Crippen MR) is 49.1 cm³/mol. The van der Waals surface area contributed by atoms with Gasteiger partial charge in [-0.3, -0.25) is 4.98 Å². The number of nitrogens with one attached hydrogen (secondary N) is 1. The minimum Gasteiger partial charge on any atom is -0.339 e. The number of aliphatic hydroxyl groups is 1. The first kappa shape index (κ1) is 8.66. The molecule has 13 heavy (non-hydrogen) atoms. The molecule has 2 rings (SSSR count). The minimum absolute atomic E-state index is 0.700. The van der Waals surface area contributed by atoms with Gasteiger partial charge in [-0.1, -0.05) is 0 Å². The molecule has 0 saturated carbocycles. The van der Waals surface area contributed by atoms with Crippen LogP contribution in [0.3, 0.4) is 0 Å². The second-order valence-electron chi connectivity index (χ2n) is 3.74. The lowest BCUT2D eigenvalue weighted by Gasteiger charge is -2.26. The zero-order valence-electron chi connectivity index (χ0n) is 7.83. The smallest absolute Gasteiger partial charge is 0.227 e. The lowest BCUT2D eigenvalue weighted by Crippen LogP contribution is -3.14. The molecular formula is C10H15N2O+. The maximum Gasteiger partial charge on any atom is 0.227 e. The third-order valence-electron chi connectivity index (χ3n) is 2.94. The molecule has 0 amide bonds. The molecule has 1 aliphatic heterocycles. The molecule has 3 nitrogen and oxygen atoms in total. The first-order valence-corrected chi connectivity index (χ1v) is 4.69. The lowest BCUT2D eigenvalue weighted by molar-refractivity contribution is -0.956. The highest BCUT2D eigenvalue weighted by molar-refractivity contribution is 5.14. The fraction of sp³-hybridized carbons (Fsp3) is 0.500. The van der Waals surface area contributed by atoms with Gasteiger partial charge in [0.25, 0.3) is 0 Å². The van der Waals surface area contributed by atoms with Crippen molar-refractivity contribution in [1.82, 2.24) is 4.98 Å². The molecule has 1 aromatic rings. The van der Waals surface area contributed by atoms with Gasteiger partial charge in [-0.25, -0.2) is 0 Å². The van der Waals surface area contributed by atoms with E-state index >= 15 is 0 Å². The molecule has 1 aliphatic rings. The zero-order valence-corrected chi connectivity index (χ0v) is 7.83. The third-order valence-corrected chi connectivity index (χ3v) is 2.94. The number of aromatic nitrogens is 1. The zero-order chi connectivity index (χ0) is 9.31. The van der Waals surface area contributed by atoms with Crippen molar-refractivity contribution >= 4 is 0 Å². The van der Waals surface area contributed by atoms with Crippen LogP contribution in [0.25, 0.3) is 0 Å². The maximum atomic E-state index is 10.4. The van der Waals surface area contributed by atoms with Gasteiger partial charge < -0.3 is 10.0 Å². The normalized spacial score (nSPS) is 33.5. The molecule has 2 N–H and O–H groups in total. The number of hydrogen-bond donors (Lipinski definition) is 2. The van der Waals surface area contributed by atoms with E-state index in [4.69, 9.17) is 0 Å². The Kier molecular flexibility index (Phi) is 2.06. The van der Waals surface area contributed by atoms with Crippen molar-refractivity contribution in [3.8, 4) is 0 Å². The van der Waals surface area contributed by atoms with Crippen LogP contribution in [0.5, 0.6) is 0 Å². The second kappa shape index (κ2) is 3.09. The molecule has 0 bridgehead atoms. The van der Waals surface area contributed by atoms with Gasteiger partial charge in [-0.2, -0.15) is 0 Å². The fourth-order valence-corrected chi connectivity index (χ4v) is 2.03. The molecule has 1 aromatic heterocycles. The van der Waals surface area contributed by atoms with Crippen LogP contribution in [0.2, 0.25) is 0 Å². The summed E-state index contributed by atoms with van der Waals surface area (Å²) in [5.74, 6) is 0. The van der Waals surface area contributed by atoms with Crippen molar-refractivity contribution < 1.29 is 10.0 Å².